The molecule has 0 radical (unpaired) electrons. The smallest absolute Gasteiger partial charge is 0.113 e. The van der Waals surface area contributed by atoms with Crippen molar-refractivity contribution in [2.24, 2.45) is 5.92 Å². The second kappa shape index (κ2) is 10.9. The molecule has 3 aliphatic rings. The Bertz CT molecular complexity index is 1140. The van der Waals surface area contributed by atoms with Gasteiger partial charge in [0.1, 0.15) is 30.5 Å². The highest BCUT2D eigenvalue weighted by Gasteiger charge is 2.45. The summed E-state index contributed by atoms with van der Waals surface area (Å²) in [5.41, 5.74) is 6.25. The summed E-state index contributed by atoms with van der Waals surface area (Å²) in [4.78, 5) is 0. The van der Waals surface area contributed by atoms with Crippen LogP contribution in [-0.4, -0.2) is 85.6 Å². The van der Waals surface area contributed by atoms with Crippen molar-refractivity contribution in [2.75, 3.05) is 13.2 Å². The molecular weight excluding hydrogens is 488 g/mol. The quantitative estimate of drug-likeness (QED) is 0.296. The fourth-order valence-electron chi connectivity index (χ4n) is 6.66. The number of aliphatic hydroxyl groups is 7. The number of rotatable bonds is 6. The molecule has 3 fully saturated rings. The lowest BCUT2D eigenvalue weighted by molar-refractivity contribution is -0.231. The number of hydrogen-bond acceptors (Lipinski definition) is 8. The maximum absolute atomic E-state index is 10.6. The molecule has 2 unspecified atom stereocenters. The maximum Gasteiger partial charge on any atom is 0.113 e. The highest BCUT2D eigenvalue weighted by molar-refractivity contribution is 5.44. The van der Waals surface area contributed by atoms with Gasteiger partial charge in [-0.25, -0.2) is 0 Å². The fourth-order valence-corrected chi connectivity index (χ4v) is 6.66. The summed E-state index contributed by atoms with van der Waals surface area (Å²) in [6, 6.07) is 12.4. The number of ether oxygens (including phenoxy) is 1. The topological polar surface area (TPSA) is 151 Å². The average Bonchev–Trinajstić information content (AvgIpc) is 3.69. The lowest BCUT2D eigenvalue weighted by Gasteiger charge is -2.40. The number of hydrogen-bond donors (Lipinski definition) is 7. The molecule has 1 aliphatic heterocycles. The van der Waals surface area contributed by atoms with Gasteiger partial charge in [-0.1, -0.05) is 36.4 Å². The molecular formula is C30H40O8. The van der Waals surface area contributed by atoms with Crippen LogP contribution in [0.1, 0.15) is 76.5 Å². The van der Waals surface area contributed by atoms with E-state index < -0.39 is 49.3 Å². The molecule has 1 saturated heterocycles. The predicted octanol–water partition coefficient (Wildman–Crippen LogP) is 1.30. The van der Waals surface area contributed by atoms with Crippen LogP contribution in [0.15, 0.2) is 36.4 Å². The molecule has 0 amide bonds. The van der Waals surface area contributed by atoms with E-state index in [1.807, 2.05) is 19.1 Å². The van der Waals surface area contributed by atoms with Crippen molar-refractivity contribution < 1.29 is 40.5 Å². The van der Waals surface area contributed by atoms with Gasteiger partial charge in [-0.2, -0.15) is 0 Å². The highest BCUT2D eigenvalue weighted by atomic mass is 16.5. The van der Waals surface area contributed by atoms with E-state index in [9.17, 15) is 35.7 Å². The van der Waals surface area contributed by atoms with Gasteiger partial charge in [0.2, 0.25) is 0 Å². The van der Waals surface area contributed by atoms with Crippen molar-refractivity contribution in [2.45, 2.75) is 93.6 Å². The Kier molecular flexibility index (Phi) is 7.97. The molecule has 2 aliphatic carbocycles. The number of aliphatic hydroxyl groups excluding tert-OH is 7. The summed E-state index contributed by atoms with van der Waals surface area (Å²) in [5.74, 6) is 0.419. The first-order valence-corrected chi connectivity index (χ1v) is 13.6. The van der Waals surface area contributed by atoms with Crippen LogP contribution in [0.3, 0.4) is 0 Å². The maximum atomic E-state index is 10.6. The first kappa shape index (κ1) is 27.7. The predicted molar refractivity (Wildman–Crippen MR) is 140 cm³/mol. The fraction of sp³-hybridized carbons (Fsp3) is 0.600. The van der Waals surface area contributed by atoms with Crippen molar-refractivity contribution in [1.82, 2.24) is 0 Å². The lowest BCUT2D eigenvalue weighted by Crippen LogP contribution is -2.55. The van der Waals surface area contributed by atoms with E-state index in [1.165, 1.54) is 11.1 Å². The third kappa shape index (κ3) is 5.05. The zero-order valence-corrected chi connectivity index (χ0v) is 21.9. The highest BCUT2D eigenvalue weighted by Crippen LogP contribution is 2.55. The van der Waals surface area contributed by atoms with Gasteiger partial charge in [0, 0.05) is 24.9 Å². The van der Waals surface area contributed by atoms with Crippen LogP contribution < -0.4 is 0 Å². The van der Waals surface area contributed by atoms with Crippen LogP contribution in [0.2, 0.25) is 0 Å². The van der Waals surface area contributed by atoms with E-state index >= 15 is 0 Å². The molecule has 2 aromatic carbocycles. The van der Waals surface area contributed by atoms with Gasteiger partial charge in [-0.3, -0.25) is 0 Å². The van der Waals surface area contributed by atoms with Crippen molar-refractivity contribution >= 4 is 0 Å². The van der Waals surface area contributed by atoms with Crippen molar-refractivity contribution in [3.8, 4) is 0 Å². The molecule has 2 aromatic rings. The van der Waals surface area contributed by atoms with E-state index in [1.54, 1.807) is 0 Å². The molecule has 11 atom stereocenters. The number of benzene rings is 2. The zero-order chi connectivity index (χ0) is 27.3. The first-order valence-electron chi connectivity index (χ1n) is 13.6. The molecule has 5 rings (SSSR count). The van der Waals surface area contributed by atoms with Gasteiger partial charge >= 0.3 is 0 Å². The van der Waals surface area contributed by atoms with Gasteiger partial charge in [-0.15, -0.1) is 0 Å². The zero-order valence-electron chi connectivity index (χ0n) is 21.9. The van der Waals surface area contributed by atoms with E-state index in [2.05, 4.69) is 31.2 Å². The van der Waals surface area contributed by atoms with Gasteiger partial charge in [0.25, 0.3) is 0 Å². The molecule has 8 nitrogen and oxygen atoms in total. The van der Waals surface area contributed by atoms with Crippen LogP contribution in [0, 0.1) is 19.8 Å². The Hall–Kier alpha value is -1.88. The normalized spacial score (nSPS) is 39.2. The average molecular weight is 529 g/mol. The van der Waals surface area contributed by atoms with Gasteiger partial charge in [0.15, 0.2) is 0 Å². The summed E-state index contributed by atoms with van der Waals surface area (Å²) in [5, 5.41) is 70.7. The van der Waals surface area contributed by atoms with Gasteiger partial charge in [0.05, 0.1) is 18.8 Å². The molecule has 0 aromatic heterocycles. The summed E-state index contributed by atoms with van der Waals surface area (Å²) < 4.78 is 5.75. The Morgan fingerprint density at radius 2 is 1.26 bits per heavy atom. The Morgan fingerprint density at radius 3 is 1.82 bits per heavy atom. The van der Waals surface area contributed by atoms with E-state index in [0.29, 0.717) is 18.3 Å². The van der Waals surface area contributed by atoms with Crippen molar-refractivity contribution in [1.29, 1.82) is 0 Å². The van der Waals surface area contributed by atoms with Crippen LogP contribution in [-0.2, 0) is 4.74 Å². The Balaban J connectivity index is 1.29. The largest absolute Gasteiger partial charge is 0.396 e. The summed E-state index contributed by atoms with van der Waals surface area (Å²) in [6.07, 6.45) is -5.31. The molecule has 208 valence electrons. The van der Waals surface area contributed by atoms with E-state index in [-0.39, 0.29) is 24.9 Å². The first-order chi connectivity index (χ1) is 18.1. The van der Waals surface area contributed by atoms with E-state index in [4.69, 9.17) is 4.74 Å². The molecule has 1 heterocycles. The molecule has 0 spiro atoms. The van der Waals surface area contributed by atoms with Crippen LogP contribution in [0.5, 0.6) is 0 Å². The third-order valence-corrected chi connectivity index (χ3v) is 9.12. The summed E-state index contributed by atoms with van der Waals surface area (Å²) in [6.45, 7) is 3.45. The van der Waals surface area contributed by atoms with E-state index in [0.717, 1.165) is 28.7 Å². The standard InChI is InChI=1S/C30H40O8/c1-14-7-16(3-5-19(14)23-9-18(12-31)24(33)11-25(23)34)21-10-22(21)17-4-6-20(15(2)8-17)30-29(37)28(36)27(35)26(13-32)38-30/h3-8,18,21-37H,9-13H2,1-2H3/t18-,21?,22?,23-,24+,25+,26-,27-,28+,29+,30-/m1/s1. The minimum Gasteiger partial charge on any atom is -0.396 e. The summed E-state index contributed by atoms with van der Waals surface area (Å²) >= 11 is 0. The van der Waals surface area contributed by atoms with Crippen molar-refractivity contribution in [3.63, 3.8) is 0 Å². The second-order valence-electron chi connectivity index (χ2n) is 11.6. The minimum atomic E-state index is -1.40. The van der Waals surface area contributed by atoms with Crippen LogP contribution in [0.4, 0.5) is 0 Å². The molecule has 8 heteroatoms. The minimum absolute atomic E-state index is 0.0835. The molecule has 38 heavy (non-hydrogen) atoms. The van der Waals surface area contributed by atoms with Crippen LogP contribution in [0.25, 0.3) is 0 Å². The molecule has 0 bridgehead atoms. The SMILES string of the molecule is Cc1cc(C2CC2c2ccc([C@H]3O[C@H](CO)[C@@H](O)[C@H](O)[C@@H]3O)c(C)c2)ccc1[C@H]1C[C@H](CO)[C@@H](O)C[C@@H]1O. The van der Waals surface area contributed by atoms with Gasteiger partial charge < -0.3 is 40.5 Å². The Labute approximate surface area is 223 Å². The monoisotopic (exact) mass is 528 g/mol. The molecule has 2 saturated carbocycles. The number of aryl methyl sites for hydroxylation is 2. The second-order valence-corrected chi connectivity index (χ2v) is 11.6. The lowest BCUT2D eigenvalue weighted by atomic mass is 9.73. The third-order valence-electron chi connectivity index (χ3n) is 9.12. The Morgan fingerprint density at radius 1 is 0.658 bits per heavy atom. The molecule has 7 N–H and O–H groups in total. The summed E-state index contributed by atoms with van der Waals surface area (Å²) in [7, 11) is 0. The van der Waals surface area contributed by atoms with Crippen LogP contribution >= 0.6 is 0 Å². The van der Waals surface area contributed by atoms with Gasteiger partial charge in [-0.05, 0) is 71.9 Å². The van der Waals surface area contributed by atoms with Crippen molar-refractivity contribution in [3.05, 3.63) is 69.8 Å².